The van der Waals surface area contributed by atoms with E-state index in [0.29, 0.717) is 12.1 Å². The standard InChI is InChI=1S/C24H22F7IN2O3S/c1-2-33-20(35)34-12-11-21(38(36,37)17-7-5-16(32)6-8-17)18-9-4-15(13-14(18)3-10-19(21)34)22(25,23(26,27)28)24(29,30)31/h4-9,13,19H,2-3,10-12H2,1H3,(H,33,35)/t19-,21-/m1/s1. The second-order valence-electron chi connectivity index (χ2n) is 9.21. The van der Waals surface area contributed by atoms with Crippen LogP contribution in [-0.2, 0) is 26.7 Å². The Hall–Kier alpha value is -2.10. The average Bonchev–Trinajstić information content (AvgIpc) is 3.24. The molecule has 0 bridgehead atoms. The first-order valence-electron chi connectivity index (χ1n) is 11.5. The third-order valence-electron chi connectivity index (χ3n) is 7.26. The molecule has 1 aliphatic heterocycles. The molecule has 1 N–H and O–H groups in total. The largest absolute Gasteiger partial charge is 0.435 e. The van der Waals surface area contributed by atoms with Crippen molar-refractivity contribution in [2.75, 3.05) is 13.1 Å². The number of fused-ring (bicyclic) bond motifs is 3. The van der Waals surface area contributed by atoms with Crippen LogP contribution in [0.1, 0.15) is 36.5 Å². The summed E-state index contributed by atoms with van der Waals surface area (Å²) < 4.78 is 123. The summed E-state index contributed by atoms with van der Waals surface area (Å²) in [5.74, 6) is 0. The van der Waals surface area contributed by atoms with Crippen LogP contribution >= 0.6 is 22.6 Å². The van der Waals surface area contributed by atoms with E-state index in [1.165, 1.54) is 17.0 Å². The highest BCUT2D eigenvalue weighted by Gasteiger charge is 2.73. The number of carbonyl (C=O) groups is 1. The lowest BCUT2D eigenvalue weighted by Crippen LogP contribution is -2.54. The molecule has 2 aromatic carbocycles. The number of halogens is 8. The molecule has 38 heavy (non-hydrogen) atoms. The maximum atomic E-state index is 14.8. The highest BCUT2D eigenvalue weighted by Crippen LogP contribution is 2.56. The van der Waals surface area contributed by atoms with Crippen LogP contribution in [0.4, 0.5) is 35.5 Å². The lowest BCUT2D eigenvalue weighted by atomic mass is 9.77. The number of urea groups is 1. The second-order valence-corrected chi connectivity index (χ2v) is 12.7. The van der Waals surface area contributed by atoms with Crippen molar-refractivity contribution < 1.29 is 43.9 Å². The number of nitrogens with zero attached hydrogens (tertiary/aromatic N) is 1. The van der Waals surface area contributed by atoms with Crippen molar-refractivity contribution in [2.45, 2.75) is 59.9 Å². The number of likely N-dealkylation sites (tertiary alicyclic amines) is 1. The van der Waals surface area contributed by atoms with Crippen molar-refractivity contribution in [3.63, 3.8) is 0 Å². The van der Waals surface area contributed by atoms with Gasteiger partial charge >= 0.3 is 24.1 Å². The third-order valence-corrected chi connectivity index (χ3v) is 10.5. The Labute approximate surface area is 227 Å². The minimum atomic E-state index is -6.30. The van der Waals surface area contributed by atoms with Gasteiger partial charge in [-0.25, -0.2) is 17.6 Å². The molecule has 2 aliphatic rings. The molecule has 2 aromatic rings. The number of rotatable bonds is 4. The van der Waals surface area contributed by atoms with E-state index in [0.717, 1.165) is 9.64 Å². The Kier molecular flexibility index (Phi) is 7.24. The van der Waals surface area contributed by atoms with Crippen LogP contribution in [0.2, 0.25) is 0 Å². The third kappa shape index (κ3) is 4.16. The van der Waals surface area contributed by atoms with Gasteiger partial charge in [0.1, 0.15) is 4.75 Å². The smallest absolute Gasteiger partial charge is 0.338 e. The van der Waals surface area contributed by atoms with E-state index in [1.807, 2.05) is 22.6 Å². The zero-order chi connectivity index (χ0) is 28.3. The molecular weight excluding hydrogens is 656 g/mol. The Morgan fingerprint density at radius 1 is 1.05 bits per heavy atom. The number of carbonyl (C=O) groups excluding carboxylic acids is 1. The normalized spacial score (nSPS) is 22.1. The van der Waals surface area contributed by atoms with Crippen LogP contribution < -0.4 is 5.32 Å². The van der Waals surface area contributed by atoms with Crippen LogP contribution in [-0.4, -0.2) is 50.8 Å². The van der Waals surface area contributed by atoms with Crippen molar-refractivity contribution in [1.82, 2.24) is 10.2 Å². The lowest BCUT2D eigenvalue weighted by molar-refractivity contribution is -0.348. The number of hydrogen-bond donors (Lipinski definition) is 1. The van der Waals surface area contributed by atoms with Gasteiger partial charge in [0, 0.05) is 22.2 Å². The highest BCUT2D eigenvalue weighted by molar-refractivity contribution is 14.1. The van der Waals surface area contributed by atoms with Crippen LogP contribution in [0.15, 0.2) is 47.4 Å². The number of amides is 2. The maximum Gasteiger partial charge on any atom is 0.435 e. The topological polar surface area (TPSA) is 66.5 Å². The lowest BCUT2D eigenvalue weighted by Gasteiger charge is -2.43. The number of benzene rings is 2. The molecule has 2 amide bonds. The van der Waals surface area contributed by atoms with E-state index < -0.39 is 50.2 Å². The maximum absolute atomic E-state index is 14.8. The van der Waals surface area contributed by atoms with Crippen LogP contribution in [0.3, 0.4) is 0 Å². The molecule has 208 valence electrons. The number of alkyl halides is 7. The summed E-state index contributed by atoms with van der Waals surface area (Å²) in [6.45, 7) is 1.91. The summed E-state index contributed by atoms with van der Waals surface area (Å²) in [5.41, 5.74) is -7.48. The van der Waals surface area contributed by atoms with Crippen LogP contribution in [0.5, 0.6) is 0 Å². The molecule has 0 aromatic heterocycles. The van der Waals surface area contributed by atoms with Crippen molar-refractivity contribution >= 4 is 38.5 Å². The second kappa shape index (κ2) is 9.52. The first-order chi connectivity index (χ1) is 17.5. The molecule has 0 unspecified atom stereocenters. The van der Waals surface area contributed by atoms with Gasteiger partial charge in [-0.15, -0.1) is 0 Å². The van der Waals surface area contributed by atoms with E-state index in [9.17, 15) is 43.9 Å². The molecular formula is C24H22F7IN2O3S. The zero-order valence-electron chi connectivity index (χ0n) is 19.8. The number of sulfone groups is 1. The summed E-state index contributed by atoms with van der Waals surface area (Å²) in [6.07, 6.45) is -13.0. The number of hydrogen-bond acceptors (Lipinski definition) is 3. The van der Waals surface area contributed by atoms with Gasteiger partial charge < -0.3 is 10.2 Å². The van der Waals surface area contributed by atoms with Gasteiger partial charge in [-0.2, -0.15) is 26.3 Å². The van der Waals surface area contributed by atoms with E-state index >= 15 is 0 Å². The fourth-order valence-corrected chi connectivity index (χ4v) is 8.28. The summed E-state index contributed by atoms with van der Waals surface area (Å²) >= 11 is 1.98. The molecule has 1 fully saturated rings. The van der Waals surface area contributed by atoms with Gasteiger partial charge in [-0.05, 0) is 84.2 Å². The molecule has 2 atom stereocenters. The van der Waals surface area contributed by atoms with Gasteiger partial charge in [0.25, 0.3) is 0 Å². The van der Waals surface area contributed by atoms with Crippen LogP contribution in [0, 0.1) is 3.57 Å². The summed E-state index contributed by atoms with van der Waals surface area (Å²) in [4.78, 5) is 14.0. The Morgan fingerprint density at radius 2 is 1.66 bits per heavy atom. The molecule has 0 radical (unpaired) electrons. The summed E-state index contributed by atoms with van der Waals surface area (Å²) in [6, 6.07) is 5.99. The molecule has 0 saturated carbocycles. The Balaban J connectivity index is 1.95. The van der Waals surface area contributed by atoms with E-state index in [1.54, 1.807) is 19.1 Å². The van der Waals surface area contributed by atoms with Crippen molar-refractivity contribution in [3.8, 4) is 0 Å². The minimum Gasteiger partial charge on any atom is -0.338 e. The van der Waals surface area contributed by atoms with E-state index in [2.05, 4.69) is 5.32 Å². The Morgan fingerprint density at radius 3 is 2.21 bits per heavy atom. The molecule has 1 heterocycles. The molecule has 4 rings (SSSR count). The first kappa shape index (κ1) is 28.9. The predicted octanol–water partition coefficient (Wildman–Crippen LogP) is 6.00. The summed E-state index contributed by atoms with van der Waals surface area (Å²) in [7, 11) is -4.34. The molecule has 5 nitrogen and oxygen atoms in total. The van der Waals surface area contributed by atoms with Gasteiger partial charge in [-0.1, -0.05) is 18.2 Å². The number of aryl methyl sites for hydroxylation is 1. The SMILES string of the molecule is CCNC(=O)N1CC[C@@]2(S(=O)(=O)c3ccc(I)cc3)c3ccc(C(F)(C(F)(F)F)C(F)(F)F)cc3CC[C@@H]12. The van der Waals surface area contributed by atoms with Gasteiger partial charge in [0.15, 0.2) is 9.84 Å². The van der Waals surface area contributed by atoms with Crippen LogP contribution in [0.25, 0.3) is 0 Å². The average molecular weight is 678 g/mol. The molecule has 14 heteroatoms. The first-order valence-corrected chi connectivity index (χ1v) is 14.1. The van der Waals surface area contributed by atoms with E-state index in [4.69, 9.17) is 0 Å². The van der Waals surface area contributed by atoms with Gasteiger partial charge in [0.2, 0.25) is 0 Å². The summed E-state index contributed by atoms with van der Waals surface area (Å²) in [5, 5.41) is 2.61. The molecule has 0 spiro atoms. The van der Waals surface area contributed by atoms with Gasteiger partial charge in [0.05, 0.1) is 10.9 Å². The van der Waals surface area contributed by atoms with Crippen molar-refractivity contribution in [2.24, 2.45) is 0 Å². The number of nitrogens with one attached hydrogen (secondary N) is 1. The molecule has 1 saturated heterocycles. The minimum absolute atomic E-state index is 0.0144. The van der Waals surface area contributed by atoms with E-state index in [-0.39, 0.29) is 48.4 Å². The monoisotopic (exact) mass is 678 g/mol. The predicted molar refractivity (Wildman–Crippen MR) is 132 cm³/mol. The fraction of sp³-hybridized carbons (Fsp3) is 0.458. The van der Waals surface area contributed by atoms with Gasteiger partial charge in [-0.3, -0.25) is 0 Å². The highest BCUT2D eigenvalue weighted by atomic mass is 127. The molecule has 1 aliphatic carbocycles. The Bertz CT molecular complexity index is 1330. The fourth-order valence-electron chi connectivity index (χ4n) is 5.55. The quantitative estimate of drug-likeness (QED) is 0.319. The zero-order valence-corrected chi connectivity index (χ0v) is 22.7. The van der Waals surface area contributed by atoms with Crippen molar-refractivity contribution in [1.29, 1.82) is 0 Å². The van der Waals surface area contributed by atoms with Crippen molar-refractivity contribution in [3.05, 3.63) is 62.7 Å².